The molecule has 0 aromatic heterocycles. The van der Waals surface area contributed by atoms with Gasteiger partial charge in [-0.1, -0.05) is 66.4 Å². The van der Waals surface area contributed by atoms with Crippen LogP contribution in [0.1, 0.15) is 32.6 Å². The second-order valence-electron chi connectivity index (χ2n) is 10.6. The molecular formula is C35H43N3O7PS+. The minimum absolute atomic E-state index is 0.0162. The Morgan fingerprint density at radius 3 is 1.85 bits per heavy atom. The van der Waals surface area contributed by atoms with Crippen LogP contribution in [0.4, 0.5) is 0 Å². The van der Waals surface area contributed by atoms with E-state index in [1.807, 2.05) is 54.6 Å². The van der Waals surface area contributed by atoms with E-state index >= 15 is 0 Å². The Balaban J connectivity index is 1.70. The second-order valence-corrected chi connectivity index (χ2v) is 15.3. The van der Waals surface area contributed by atoms with Gasteiger partial charge in [-0.25, -0.2) is 0 Å². The normalized spacial score (nSPS) is 12.3. The van der Waals surface area contributed by atoms with Crippen LogP contribution in [0.25, 0.3) is 0 Å². The number of thioether (sulfide) groups is 1. The lowest BCUT2D eigenvalue weighted by Gasteiger charge is -2.27. The van der Waals surface area contributed by atoms with E-state index in [0.29, 0.717) is 6.42 Å². The van der Waals surface area contributed by atoms with Gasteiger partial charge in [-0.3, -0.25) is 24.0 Å². The van der Waals surface area contributed by atoms with Crippen LogP contribution in [0, 0.1) is 0 Å². The Labute approximate surface area is 280 Å². The molecule has 47 heavy (non-hydrogen) atoms. The predicted octanol–water partition coefficient (Wildman–Crippen LogP) is 2.47. The van der Waals surface area contributed by atoms with E-state index in [1.165, 1.54) is 23.0 Å². The lowest BCUT2D eigenvalue weighted by molar-refractivity contribution is -0.145. The van der Waals surface area contributed by atoms with E-state index < -0.39 is 49.6 Å². The Morgan fingerprint density at radius 1 is 0.830 bits per heavy atom. The molecule has 2 unspecified atom stereocenters. The molecule has 3 rings (SSSR count). The first kappa shape index (κ1) is 37.4. The molecule has 0 aliphatic rings. The fraction of sp³-hybridized carbons (Fsp3) is 0.343. The fourth-order valence-corrected chi connectivity index (χ4v) is 10.3. The number of esters is 2. The van der Waals surface area contributed by atoms with Crippen LogP contribution in [0.2, 0.25) is 0 Å². The lowest BCUT2D eigenvalue weighted by Crippen LogP contribution is -2.49. The molecule has 2 amide bonds. The monoisotopic (exact) mass is 680 g/mol. The number of rotatable bonds is 18. The molecular weight excluding hydrogens is 637 g/mol. The van der Waals surface area contributed by atoms with Crippen molar-refractivity contribution in [1.82, 2.24) is 10.6 Å². The molecule has 0 aliphatic heterocycles. The van der Waals surface area contributed by atoms with Crippen LogP contribution in [0.5, 0.6) is 0 Å². The van der Waals surface area contributed by atoms with Gasteiger partial charge in [0.05, 0.1) is 19.9 Å². The standard InChI is InChI=1S/C35H42N3O7PS/c1-3-45-35(43)29(36)21-22-31(39)38-30(34(42)37-24-32(40)44-2)25-47-33(41)20-13-23-46(26-14-7-4-8-15-26,27-16-9-5-10-17-27)28-18-11-6-12-19-28/h4-12,14-19,29-30H,3,13,20-25,36H2,1-2H3,(H-,37,38,39,42)/p+1. The van der Waals surface area contributed by atoms with Crippen molar-refractivity contribution < 1.29 is 33.4 Å². The van der Waals surface area contributed by atoms with E-state index in [4.69, 9.17) is 10.5 Å². The Morgan fingerprint density at radius 2 is 1.36 bits per heavy atom. The zero-order valence-electron chi connectivity index (χ0n) is 26.8. The topological polar surface area (TPSA) is 154 Å². The van der Waals surface area contributed by atoms with Crippen molar-refractivity contribution in [1.29, 1.82) is 0 Å². The summed E-state index contributed by atoms with van der Waals surface area (Å²) >= 11 is 0.952. The number of benzene rings is 3. The second kappa shape index (κ2) is 19.6. The molecule has 0 spiro atoms. The maximum absolute atomic E-state index is 13.2. The van der Waals surface area contributed by atoms with Crippen molar-refractivity contribution in [2.45, 2.75) is 44.7 Å². The molecule has 0 radical (unpaired) electrons. The van der Waals surface area contributed by atoms with Gasteiger partial charge in [0.15, 0.2) is 5.12 Å². The van der Waals surface area contributed by atoms with Gasteiger partial charge in [0, 0.05) is 18.6 Å². The first-order valence-corrected chi connectivity index (χ1v) is 18.4. The quantitative estimate of drug-likeness (QED) is 0.136. The van der Waals surface area contributed by atoms with Crippen molar-refractivity contribution in [3.63, 3.8) is 0 Å². The van der Waals surface area contributed by atoms with Crippen LogP contribution >= 0.6 is 19.0 Å². The molecule has 12 heteroatoms. The summed E-state index contributed by atoms with van der Waals surface area (Å²) in [7, 11) is -0.907. The summed E-state index contributed by atoms with van der Waals surface area (Å²) in [6.07, 6.45) is 1.51. The molecule has 3 aromatic carbocycles. The summed E-state index contributed by atoms with van der Waals surface area (Å²) in [5.41, 5.74) is 5.79. The number of ether oxygens (including phenoxy) is 2. The lowest BCUT2D eigenvalue weighted by atomic mass is 10.1. The van der Waals surface area contributed by atoms with Gasteiger partial charge in [0.1, 0.15) is 41.8 Å². The average molecular weight is 681 g/mol. The van der Waals surface area contributed by atoms with E-state index in [0.717, 1.165) is 17.9 Å². The number of carbonyl (C=O) groups is 5. The number of hydrogen-bond donors (Lipinski definition) is 3. The third kappa shape index (κ3) is 11.3. The van der Waals surface area contributed by atoms with Crippen LogP contribution in [-0.4, -0.2) is 73.1 Å². The Bertz CT molecular complexity index is 1370. The van der Waals surface area contributed by atoms with E-state index in [9.17, 15) is 24.0 Å². The fourth-order valence-electron chi connectivity index (χ4n) is 5.05. The number of nitrogens with one attached hydrogen (secondary N) is 2. The number of amides is 2. The van der Waals surface area contributed by atoms with Gasteiger partial charge < -0.3 is 25.8 Å². The highest BCUT2D eigenvalue weighted by atomic mass is 32.2. The Kier molecular flexibility index (Phi) is 15.6. The molecule has 10 nitrogen and oxygen atoms in total. The van der Waals surface area contributed by atoms with Crippen molar-refractivity contribution in [2.75, 3.05) is 32.2 Å². The van der Waals surface area contributed by atoms with Crippen LogP contribution in [0.3, 0.4) is 0 Å². The van der Waals surface area contributed by atoms with Crippen LogP contribution in [0.15, 0.2) is 91.0 Å². The highest BCUT2D eigenvalue weighted by Crippen LogP contribution is 2.56. The Hall–Kier alpha value is -4.05. The zero-order chi connectivity index (χ0) is 34.1. The molecule has 3 aromatic rings. The molecule has 4 N–H and O–H groups in total. The van der Waals surface area contributed by atoms with Crippen molar-refractivity contribution in [3.05, 3.63) is 91.0 Å². The molecule has 0 fully saturated rings. The molecule has 0 saturated heterocycles. The van der Waals surface area contributed by atoms with Gasteiger partial charge in [-0.15, -0.1) is 0 Å². The molecule has 0 saturated carbocycles. The number of carbonyl (C=O) groups excluding carboxylic acids is 5. The molecule has 0 aliphatic carbocycles. The summed E-state index contributed by atoms with van der Waals surface area (Å²) in [5.74, 6) is -2.49. The van der Waals surface area contributed by atoms with E-state index in [-0.39, 0.29) is 36.7 Å². The number of hydrogen-bond acceptors (Lipinski definition) is 9. The van der Waals surface area contributed by atoms with Gasteiger partial charge in [-0.05, 0) is 56.2 Å². The van der Waals surface area contributed by atoms with Crippen LogP contribution in [-0.2, 0) is 33.4 Å². The summed E-state index contributed by atoms with van der Waals surface area (Å²) in [5, 5.41) is 8.60. The van der Waals surface area contributed by atoms with E-state index in [1.54, 1.807) is 6.92 Å². The van der Waals surface area contributed by atoms with Crippen molar-refractivity contribution in [2.24, 2.45) is 5.73 Å². The molecule has 0 heterocycles. The SMILES string of the molecule is CCOC(=O)C(N)CCC(=O)NC(CSC(=O)CCC[P+](c1ccccc1)(c1ccccc1)c1ccccc1)C(=O)NCC(=O)OC. The first-order chi connectivity index (χ1) is 22.7. The third-order valence-electron chi connectivity index (χ3n) is 7.43. The smallest absolute Gasteiger partial charge is 0.325 e. The van der Waals surface area contributed by atoms with E-state index in [2.05, 4.69) is 51.8 Å². The highest BCUT2D eigenvalue weighted by Gasteiger charge is 2.44. The molecule has 0 bridgehead atoms. The largest absolute Gasteiger partial charge is 0.468 e. The van der Waals surface area contributed by atoms with Crippen molar-refractivity contribution >= 4 is 63.8 Å². The maximum atomic E-state index is 13.2. The highest BCUT2D eigenvalue weighted by molar-refractivity contribution is 8.13. The average Bonchev–Trinajstić information content (AvgIpc) is 3.10. The minimum atomic E-state index is -2.10. The first-order valence-electron chi connectivity index (χ1n) is 15.5. The number of methoxy groups -OCH3 is 1. The third-order valence-corrected chi connectivity index (χ3v) is 13.0. The summed E-state index contributed by atoms with van der Waals surface area (Å²) in [4.78, 5) is 62.2. The maximum Gasteiger partial charge on any atom is 0.325 e. The number of nitrogens with two attached hydrogens (primary N) is 1. The minimum Gasteiger partial charge on any atom is -0.468 e. The van der Waals surface area contributed by atoms with Gasteiger partial charge >= 0.3 is 11.9 Å². The zero-order valence-corrected chi connectivity index (χ0v) is 28.5. The molecule has 2 atom stereocenters. The van der Waals surface area contributed by atoms with Crippen molar-refractivity contribution in [3.8, 4) is 0 Å². The summed E-state index contributed by atoms with van der Waals surface area (Å²) < 4.78 is 9.45. The van der Waals surface area contributed by atoms with Gasteiger partial charge in [-0.2, -0.15) is 0 Å². The predicted molar refractivity (Wildman–Crippen MR) is 188 cm³/mol. The summed E-state index contributed by atoms with van der Waals surface area (Å²) in [6.45, 7) is 1.43. The van der Waals surface area contributed by atoms with Gasteiger partial charge in [0.2, 0.25) is 11.8 Å². The molecule has 250 valence electrons. The van der Waals surface area contributed by atoms with Gasteiger partial charge in [0.25, 0.3) is 0 Å². The van der Waals surface area contributed by atoms with Crippen LogP contribution < -0.4 is 32.3 Å². The summed E-state index contributed by atoms with van der Waals surface area (Å²) in [6, 6.07) is 29.1.